The van der Waals surface area contributed by atoms with Gasteiger partial charge in [-0.1, -0.05) is 24.3 Å². The Morgan fingerprint density at radius 3 is 2.32 bits per heavy atom. The standard InChI is InChI=1S/C17H23NO4/c1-22-11-15-5-3-2-4-14(15)10-18-16(19)12-6-8-13(9-7-12)17(20)21/h2-5,12-13H,6-11H2,1H3,(H,18,19)(H,20,21). The smallest absolute Gasteiger partial charge is 0.306 e. The summed E-state index contributed by atoms with van der Waals surface area (Å²) in [5.41, 5.74) is 2.12. The van der Waals surface area contributed by atoms with Gasteiger partial charge in [-0.3, -0.25) is 9.59 Å². The second-order valence-electron chi connectivity index (χ2n) is 5.81. The largest absolute Gasteiger partial charge is 0.481 e. The van der Waals surface area contributed by atoms with E-state index in [1.54, 1.807) is 7.11 Å². The van der Waals surface area contributed by atoms with Crippen LogP contribution in [-0.4, -0.2) is 24.1 Å². The number of rotatable bonds is 6. The molecule has 1 amide bonds. The minimum absolute atomic E-state index is 0.0241. The van der Waals surface area contributed by atoms with E-state index in [2.05, 4.69) is 5.32 Å². The Labute approximate surface area is 130 Å². The Hall–Kier alpha value is -1.88. The van der Waals surface area contributed by atoms with E-state index in [0.717, 1.165) is 11.1 Å². The number of carbonyl (C=O) groups is 2. The van der Waals surface area contributed by atoms with Crippen LogP contribution in [0.5, 0.6) is 0 Å². The fraction of sp³-hybridized carbons (Fsp3) is 0.529. The lowest BCUT2D eigenvalue weighted by atomic mass is 9.81. The molecule has 5 heteroatoms. The van der Waals surface area contributed by atoms with Crippen LogP contribution >= 0.6 is 0 Å². The lowest BCUT2D eigenvalue weighted by molar-refractivity contribution is -0.144. The number of carboxylic acids is 1. The predicted octanol–water partition coefficient (Wildman–Crippen LogP) is 2.34. The third kappa shape index (κ3) is 4.31. The minimum atomic E-state index is -0.743. The van der Waals surface area contributed by atoms with E-state index in [1.165, 1.54) is 0 Å². The Morgan fingerprint density at radius 2 is 1.73 bits per heavy atom. The maximum Gasteiger partial charge on any atom is 0.306 e. The van der Waals surface area contributed by atoms with Crippen molar-refractivity contribution >= 4 is 11.9 Å². The zero-order chi connectivity index (χ0) is 15.9. The zero-order valence-corrected chi connectivity index (χ0v) is 12.9. The first-order chi connectivity index (χ1) is 10.6. The molecule has 1 saturated carbocycles. The normalized spacial score (nSPS) is 21.3. The van der Waals surface area contributed by atoms with Gasteiger partial charge in [0, 0.05) is 19.6 Å². The molecule has 120 valence electrons. The second-order valence-corrected chi connectivity index (χ2v) is 5.81. The summed E-state index contributed by atoms with van der Waals surface area (Å²) in [5, 5.41) is 12.0. The highest BCUT2D eigenvalue weighted by atomic mass is 16.5. The summed E-state index contributed by atoms with van der Waals surface area (Å²) in [6.07, 6.45) is 2.49. The molecule has 1 aromatic rings. The van der Waals surface area contributed by atoms with Crippen molar-refractivity contribution < 1.29 is 19.4 Å². The van der Waals surface area contributed by atoms with Gasteiger partial charge in [0.2, 0.25) is 5.91 Å². The van der Waals surface area contributed by atoms with Gasteiger partial charge in [-0.25, -0.2) is 0 Å². The highest BCUT2D eigenvalue weighted by molar-refractivity contribution is 5.79. The van der Waals surface area contributed by atoms with Gasteiger partial charge in [0.1, 0.15) is 0 Å². The van der Waals surface area contributed by atoms with E-state index >= 15 is 0 Å². The molecule has 0 bridgehead atoms. The fourth-order valence-electron chi connectivity index (χ4n) is 2.96. The molecule has 0 aromatic heterocycles. The van der Waals surface area contributed by atoms with Crippen LogP contribution in [0.3, 0.4) is 0 Å². The second kappa shape index (κ2) is 7.94. The van der Waals surface area contributed by atoms with Gasteiger partial charge < -0.3 is 15.2 Å². The number of methoxy groups -OCH3 is 1. The van der Waals surface area contributed by atoms with E-state index in [1.807, 2.05) is 24.3 Å². The minimum Gasteiger partial charge on any atom is -0.481 e. The fourth-order valence-corrected chi connectivity index (χ4v) is 2.96. The summed E-state index contributed by atoms with van der Waals surface area (Å²) in [6.45, 7) is 1.01. The number of aliphatic carboxylic acids is 1. The number of ether oxygens (including phenoxy) is 1. The summed E-state index contributed by atoms with van der Waals surface area (Å²) < 4.78 is 5.16. The number of carbonyl (C=O) groups excluding carboxylic acids is 1. The summed E-state index contributed by atoms with van der Waals surface area (Å²) in [7, 11) is 1.65. The van der Waals surface area contributed by atoms with Crippen LogP contribution in [0, 0.1) is 11.8 Å². The molecule has 2 N–H and O–H groups in total. The van der Waals surface area contributed by atoms with Crippen molar-refractivity contribution in [3.05, 3.63) is 35.4 Å². The lowest BCUT2D eigenvalue weighted by Crippen LogP contribution is -2.34. The Balaban J connectivity index is 1.85. The number of hydrogen-bond acceptors (Lipinski definition) is 3. The van der Waals surface area contributed by atoms with Crippen LogP contribution in [0.25, 0.3) is 0 Å². The molecule has 22 heavy (non-hydrogen) atoms. The molecule has 1 fully saturated rings. The van der Waals surface area contributed by atoms with Crippen LogP contribution in [-0.2, 0) is 27.5 Å². The van der Waals surface area contributed by atoms with E-state index in [9.17, 15) is 9.59 Å². The summed E-state index contributed by atoms with van der Waals surface area (Å²) >= 11 is 0. The lowest BCUT2D eigenvalue weighted by Gasteiger charge is -2.25. The van der Waals surface area contributed by atoms with Gasteiger partial charge in [-0.2, -0.15) is 0 Å². The molecule has 2 rings (SSSR count). The zero-order valence-electron chi connectivity index (χ0n) is 12.9. The van der Waals surface area contributed by atoms with Gasteiger partial charge in [0.25, 0.3) is 0 Å². The monoisotopic (exact) mass is 305 g/mol. The maximum atomic E-state index is 12.2. The average molecular weight is 305 g/mol. The van der Waals surface area contributed by atoms with E-state index in [4.69, 9.17) is 9.84 Å². The number of nitrogens with one attached hydrogen (secondary N) is 1. The summed E-state index contributed by atoms with van der Waals surface area (Å²) in [5.74, 6) is -1.07. The first-order valence-corrected chi connectivity index (χ1v) is 7.68. The maximum absolute atomic E-state index is 12.2. The Morgan fingerprint density at radius 1 is 1.14 bits per heavy atom. The summed E-state index contributed by atoms with van der Waals surface area (Å²) in [4.78, 5) is 23.2. The van der Waals surface area contributed by atoms with Crippen molar-refractivity contribution in [1.82, 2.24) is 5.32 Å². The van der Waals surface area contributed by atoms with Crippen LogP contribution in [0.1, 0.15) is 36.8 Å². The van der Waals surface area contributed by atoms with Crippen molar-refractivity contribution in [3.8, 4) is 0 Å². The van der Waals surface area contributed by atoms with Gasteiger partial charge in [0.15, 0.2) is 0 Å². The van der Waals surface area contributed by atoms with Crippen LogP contribution in [0.15, 0.2) is 24.3 Å². The molecule has 0 heterocycles. The first-order valence-electron chi connectivity index (χ1n) is 7.68. The number of carboxylic acid groups (broad SMARTS) is 1. The van der Waals surface area contributed by atoms with Gasteiger partial charge >= 0.3 is 5.97 Å². The number of benzene rings is 1. The highest BCUT2D eigenvalue weighted by Crippen LogP contribution is 2.29. The van der Waals surface area contributed by atoms with Crippen molar-refractivity contribution in [2.45, 2.75) is 38.8 Å². The number of hydrogen-bond donors (Lipinski definition) is 2. The Kier molecular flexibility index (Phi) is 5.95. The first kappa shape index (κ1) is 16.5. The molecular weight excluding hydrogens is 282 g/mol. The SMILES string of the molecule is COCc1ccccc1CNC(=O)C1CCC(C(=O)O)CC1. The van der Waals surface area contributed by atoms with E-state index in [0.29, 0.717) is 38.8 Å². The molecule has 0 radical (unpaired) electrons. The summed E-state index contributed by atoms with van der Waals surface area (Å²) in [6, 6.07) is 7.87. The molecule has 0 atom stereocenters. The molecule has 0 unspecified atom stereocenters. The molecule has 5 nitrogen and oxygen atoms in total. The Bertz CT molecular complexity index is 521. The molecule has 0 aliphatic heterocycles. The molecular formula is C17H23NO4. The van der Waals surface area contributed by atoms with Crippen LogP contribution in [0.4, 0.5) is 0 Å². The third-order valence-electron chi connectivity index (χ3n) is 4.32. The third-order valence-corrected chi connectivity index (χ3v) is 4.32. The quantitative estimate of drug-likeness (QED) is 0.846. The van der Waals surface area contributed by atoms with E-state index in [-0.39, 0.29) is 17.7 Å². The van der Waals surface area contributed by atoms with Crippen molar-refractivity contribution in [2.75, 3.05) is 7.11 Å². The molecule has 1 aliphatic carbocycles. The van der Waals surface area contributed by atoms with Gasteiger partial charge in [-0.05, 0) is 36.8 Å². The van der Waals surface area contributed by atoms with Crippen molar-refractivity contribution in [3.63, 3.8) is 0 Å². The van der Waals surface area contributed by atoms with Crippen LogP contribution in [0.2, 0.25) is 0 Å². The van der Waals surface area contributed by atoms with Gasteiger partial charge in [0.05, 0.1) is 12.5 Å². The molecule has 1 aliphatic rings. The van der Waals surface area contributed by atoms with Crippen molar-refractivity contribution in [1.29, 1.82) is 0 Å². The molecule has 0 saturated heterocycles. The van der Waals surface area contributed by atoms with Crippen LogP contribution < -0.4 is 5.32 Å². The molecule has 0 spiro atoms. The topological polar surface area (TPSA) is 75.6 Å². The highest BCUT2D eigenvalue weighted by Gasteiger charge is 2.29. The molecule has 1 aromatic carbocycles. The average Bonchev–Trinajstić information content (AvgIpc) is 2.54. The van der Waals surface area contributed by atoms with E-state index < -0.39 is 5.97 Å². The number of amides is 1. The predicted molar refractivity (Wildman–Crippen MR) is 82.1 cm³/mol. The van der Waals surface area contributed by atoms with Gasteiger partial charge in [-0.15, -0.1) is 0 Å². The van der Waals surface area contributed by atoms with Crippen molar-refractivity contribution in [2.24, 2.45) is 11.8 Å².